The molecule has 30 heavy (non-hydrogen) atoms. The first-order chi connectivity index (χ1) is 14.4. The predicted molar refractivity (Wildman–Crippen MR) is 119 cm³/mol. The Bertz CT molecular complexity index is 1240. The molecule has 0 radical (unpaired) electrons. The van der Waals surface area contributed by atoms with Crippen molar-refractivity contribution in [3.8, 4) is 10.6 Å². The van der Waals surface area contributed by atoms with Crippen molar-refractivity contribution in [1.29, 1.82) is 0 Å². The lowest BCUT2D eigenvalue weighted by molar-refractivity contribution is -0.115. The summed E-state index contributed by atoms with van der Waals surface area (Å²) in [6.45, 7) is 3.57. The largest absolute Gasteiger partial charge is 0.343 e. The van der Waals surface area contributed by atoms with E-state index < -0.39 is 0 Å². The molecule has 0 bridgehead atoms. The van der Waals surface area contributed by atoms with Gasteiger partial charge in [0.05, 0.1) is 45.3 Å². The van der Waals surface area contributed by atoms with Crippen LogP contribution in [0.5, 0.6) is 0 Å². The number of pyridine rings is 1. The fraction of sp³-hybridized carbons (Fsp3) is 0.182. The highest BCUT2D eigenvalue weighted by Gasteiger charge is 2.17. The number of fused-ring (bicyclic) bond motifs is 1. The lowest BCUT2D eigenvalue weighted by Gasteiger charge is -2.10. The summed E-state index contributed by atoms with van der Waals surface area (Å²) < 4.78 is 1.71. The minimum atomic E-state index is -0.318. The van der Waals surface area contributed by atoms with Gasteiger partial charge in [0.15, 0.2) is 0 Å². The lowest BCUT2D eigenvalue weighted by atomic mass is 10.1. The number of para-hydroxylation sites is 1. The molecular weight excluding hydrogens is 398 g/mol. The van der Waals surface area contributed by atoms with Crippen LogP contribution in [0.4, 0.5) is 5.69 Å². The van der Waals surface area contributed by atoms with E-state index in [1.165, 1.54) is 0 Å². The zero-order valence-corrected chi connectivity index (χ0v) is 17.7. The molecule has 8 heteroatoms. The van der Waals surface area contributed by atoms with Gasteiger partial charge in [-0.1, -0.05) is 24.3 Å². The van der Waals surface area contributed by atoms with Gasteiger partial charge in [0.25, 0.3) is 5.91 Å². The molecule has 0 saturated heterocycles. The number of rotatable bonds is 5. The van der Waals surface area contributed by atoms with E-state index >= 15 is 0 Å². The molecule has 4 rings (SSSR count). The maximum Gasteiger partial charge on any atom is 0.252 e. The van der Waals surface area contributed by atoms with Crippen LogP contribution in [0, 0.1) is 13.8 Å². The van der Waals surface area contributed by atoms with Crippen molar-refractivity contribution in [2.75, 3.05) is 11.9 Å². The molecule has 0 spiro atoms. The van der Waals surface area contributed by atoms with Gasteiger partial charge in [0.1, 0.15) is 0 Å². The van der Waals surface area contributed by atoms with E-state index in [-0.39, 0.29) is 18.4 Å². The van der Waals surface area contributed by atoms with Crippen LogP contribution in [0.15, 0.2) is 47.8 Å². The van der Waals surface area contributed by atoms with Gasteiger partial charge in [-0.2, -0.15) is 5.10 Å². The third kappa shape index (κ3) is 3.81. The Hall–Kier alpha value is -3.52. The number of carbonyl (C=O) groups is 2. The summed E-state index contributed by atoms with van der Waals surface area (Å²) in [5.41, 5.74) is 4.22. The van der Waals surface area contributed by atoms with Crippen LogP contribution in [0.3, 0.4) is 0 Å². The summed E-state index contributed by atoms with van der Waals surface area (Å²) in [4.78, 5) is 31.0. The molecule has 0 fully saturated rings. The Kier molecular flexibility index (Phi) is 5.33. The maximum absolute atomic E-state index is 12.9. The molecule has 0 aliphatic heterocycles. The predicted octanol–water partition coefficient (Wildman–Crippen LogP) is 3.68. The first-order valence-electron chi connectivity index (χ1n) is 9.46. The number of aryl methyl sites for hydroxylation is 2. The van der Waals surface area contributed by atoms with Crippen molar-refractivity contribution >= 4 is 39.7 Å². The highest BCUT2D eigenvalue weighted by atomic mass is 32.1. The summed E-state index contributed by atoms with van der Waals surface area (Å²) in [6.07, 6.45) is 0. The zero-order valence-electron chi connectivity index (χ0n) is 16.9. The summed E-state index contributed by atoms with van der Waals surface area (Å²) in [7, 11) is 1.82. The van der Waals surface area contributed by atoms with E-state index in [2.05, 4.69) is 20.7 Å². The molecule has 0 aliphatic rings. The van der Waals surface area contributed by atoms with E-state index in [1.54, 1.807) is 22.1 Å². The van der Waals surface area contributed by atoms with Gasteiger partial charge in [-0.25, -0.2) is 4.98 Å². The summed E-state index contributed by atoms with van der Waals surface area (Å²) in [5, 5.41) is 12.6. The standard InChI is InChI=1S/C22H21N5O2S/c1-13-21(14(2)27(3)26-13)25-20(28)12-23-22(29)16-11-18(19-9-6-10-30-19)24-17-8-5-4-7-15(16)17/h4-11H,12H2,1-3H3,(H,23,29)(H,25,28). The van der Waals surface area contributed by atoms with Gasteiger partial charge in [-0.3, -0.25) is 14.3 Å². The van der Waals surface area contributed by atoms with E-state index in [9.17, 15) is 9.59 Å². The Morgan fingerprint density at radius 1 is 1.13 bits per heavy atom. The van der Waals surface area contributed by atoms with Gasteiger partial charge < -0.3 is 10.6 Å². The highest BCUT2D eigenvalue weighted by Crippen LogP contribution is 2.27. The molecule has 3 heterocycles. The quantitative estimate of drug-likeness (QED) is 0.516. The molecule has 3 aromatic heterocycles. The SMILES string of the molecule is Cc1nn(C)c(C)c1NC(=O)CNC(=O)c1cc(-c2cccs2)nc2ccccc12. The van der Waals surface area contributed by atoms with Crippen molar-refractivity contribution in [2.24, 2.45) is 7.05 Å². The number of benzene rings is 1. The summed E-state index contributed by atoms with van der Waals surface area (Å²) in [5.74, 6) is -0.624. The molecule has 0 unspecified atom stereocenters. The van der Waals surface area contributed by atoms with Crippen LogP contribution in [0.1, 0.15) is 21.7 Å². The number of hydrogen-bond donors (Lipinski definition) is 2. The molecule has 152 valence electrons. The number of aromatic nitrogens is 3. The van der Waals surface area contributed by atoms with Crippen LogP contribution >= 0.6 is 11.3 Å². The van der Waals surface area contributed by atoms with Gasteiger partial charge in [-0.15, -0.1) is 11.3 Å². The first kappa shape index (κ1) is 19.8. The number of amides is 2. The van der Waals surface area contributed by atoms with Crippen LogP contribution in [-0.2, 0) is 11.8 Å². The smallest absolute Gasteiger partial charge is 0.252 e. The van der Waals surface area contributed by atoms with Crippen LogP contribution in [0.25, 0.3) is 21.5 Å². The minimum Gasteiger partial charge on any atom is -0.343 e. The van der Waals surface area contributed by atoms with Crippen LogP contribution in [-0.4, -0.2) is 33.1 Å². The number of nitrogens with one attached hydrogen (secondary N) is 2. The van der Waals surface area contributed by atoms with Gasteiger partial charge >= 0.3 is 0 Å². The van der Waals surface area contributed by atoms with Crippen LogP contribution in [0.2, 0.25) is 0 Å². The van der Waals surface area contributed by atoms with Gasteiger partial charge in [-0.05, 0) is 37.4 Å². The van der Waals surface area contributed by atoms with E-state index in [0.29, 0.717) is 11.3 Å². The fourth-order valence-electron chi connectivity index (χ4n) is 3.31. The van der Waals surface area contributed by atoms with E-state index in [1.807, 2.05) is 62.7 Å². The Morgan fingerprint density at radius 3 is 2.63 bits per heavy atom. The molecule has 0 atom stereocenters. The topological polar surface area (TPSA) is 88.9 Å². The first-order valence-corrected chi connectivity index (χ1v) is 10.3. The summed E-state index contributed by atoms with van der Waals surface area (Å²) in [6, 6.07) is 13.2. The van der Waals surface area contributed by atoms with Crippen molar-refractivity contribution in [2.45, 2.75) is 13.8 Å². The average molecular weight is 420 g/mol. The second-order valence-corrected chi connectivity index (χ2v) is 7.90. The van der Waals surface area contributed by atoms with Crippen molar-refractivity contribution in [3.63, 3.8) is 0 Å². The molecule has 4 aromatic rings. The van der Waals surface area contributed by atoms with Crippen molar-refractivity contribution in [1.82, 2.24) is 20.1 Å². The molecule has 0 aliphatic carbocycles. The average Bonchev–Trinajstić information content (AvgIpc) is 3.36. The number of nitrogens with zero attached hydrogens (tertiary/aromatic N) is 3. The van der Waals surface area contributed by atoms with Crippen molar-refractivity contribution < 1.29 is 9.59 Å². The number of carbonyl (C=O) groups excluding carboxylic acids is 2. The number of hydrogen-bond acceptors (Lipinski definition) is 5. The lowest BCUT2D eigenvalue weighted by Crippen LogP contribution is -2.33. The minimum absolute atomic E-state index is 0.141. The molecular formula is C22H21N5O2S. The van der Waals surface area contributed by atoms with Gasteiger partial charge in [0.2, 0.25) is 5.91 Å². The normalized spacial score (nSPS) is 10.9. The van der Waals surface area contributed by atoms with Gasteiger partial charge in [0, 0.05) is 12.4 Å². The second kappa shape index (κ2) is 8.08. The Morgan fingerprint density at radius 2 is 1.93 bits per heavy atom. The zero-order chi connectivity index (χ0) is 21.3. The molecule has 0 saturated carbocycles. The van der Waals surface area contributed by atoms with E-state index in [4.69, 9.17) is 0 Å². The third-order valence-electron chi connectivity index (χ3n) is 4.92. The number of anilines is 1. The molecule has 1 aromatic carbocycles. The van der Waals surface area contributed by atoms with Crippen LogP contribution < -0.4 is 10.6 Å². The summed E-state index contributed by atoms with van der Waals surface area (Å²) >= 11 is 1.56. The molecule has 2 amide bonds. The molecule has 7 nitrogen and oxygen atoms in total. The highest BCUT2D eigenvalue weighted by molar-refractivity contribution is 7.13. The molecule has 2 N–H and O–H groups in total. The third-order valence-corrected chi connectivity index (χ3v) is 5.81. The number of thiophene rings is 1. The fourth-order valence-corrected chi connectivity index (χ4v) is 3.99. The second-order valence-electron chi connectivity index (χ2n) is 6.95. The Balaban J connectivity index is 1.55. The Labute approximate surface area is 177 Å². The van der Waals surface area contributed by atoms with E-state index in [0.717, 1.165) is 32.9 Å². The maximum atomic E-state index is 12.9. The van der Waals surface area contributed by atoms with Crippen molar-refractivity contribution in [3.05, 3.63) is 64.8 Å². The monoisotopic (exact) mass is 419 g/mol.